The highest BCUT2D eigenvalue weighted by Gasteiger charge is 2.27. The van der Waals surface area contributed by atoms with Crippen molar-refractivity contribution in [1.29, 1.82) is 0 Å². The summed E-state index contributed by atoms with van der Waals surface area (Å²) in [4.78, 5) is 17.1. The molecule has 0 spiro atoms. The molecule has 2 aliphatic carbocycles. The van der Waals surface area contributed by atoms with Crippen LogP contribution in [-0.4, -0.2) is 22.0 Å². The maximum atomic E-state index is 12.2. The Morgan fingerprint density at radius 2 is 1.79 bits per heavy atom. The number of aryl methyl sites for hydroxylation is 2. The molecular weight excluding hydrogens is 360 g/mol. The lowest BCUT2D eigenvalue weighted by Gasteiger charge is -2.13. The van der Waals surface area contributed by atoms with E-state index < -0.39 is 0 Å². The van der Waals surface area contributed by atoms with Crippen LogP contribution in [0.15, 0.2) is 36.4 Å². The molecule has 2 aliphatic rings. The van der Waals surface area contributed by atoms with Crippen molar-refractivity contribution in [1.82, 2.24) is 10.3 Å². The number of phenolic OH excluding ortho intramolecular Hbond substituents is 1. The van der Waals surface area contributed by atoms with Gasteiger partial charge in [0.15, 0.2) is 0 Å². The zero-order valence-electron chi connectivity index (χ0n) is 17.0. The first-order valence-corrected chi connectivity index (χ1v) is 10.5. The first kappa shape index (κ1) is 18.2. The van der Waals surface area contributed by atoms with Gasteiger partial charge in [-0.25, -0.2) is 4.98 Å². The van der Waals surface area contributed by atoms with Crippen LogP contribution in [0, 0.1) is 13.8 Å². The lowest BCUT2D eigenvalue weighted by molar-refractivity contribution is -0.120. The molecular formula is C25H26N2O2. The van der Waals surface area contributed by atoms with Crippen molar-refractivity contribution < 1.29 is 9.90 Å². The van der Waals surface area contributed by atoms with Crippen LogP contribution < -0.4 is 5.32 Å². The fourth-order valence-corrected chi connectivity index (χ4v) is 4.08. The summed E-state index contributed by atoms with van der Waals surface area (Å²) in [5.74, 6) is 1.04. The average Bonchev–Trinajstić information content (AvgIpc) is 3.59. The molecule has 0 aliphatic heterocycles. The van der Waals surface area contributed by atoms with Crippen LogP contribution >= 0.6 is 0 Å². The number of nitrogens with zero attached hydrogens (tertiary/aromatic N) is 1. The van der Waals surface area contributed by atoms with Crippen LogP contribution in [0.5, 0.6) is 5.75 Å². The predicted octanol–water partition coefficient (Wildman–Crippen LogP) is 4.92. The van der Waals surface area contributed by atoms with Gasteiger partial charge in [-0.15, -0.1) is 0 Å². The third kappa shape index (κ3) is 3.71. The number of hydrogen-bond acceptors (Lipinski definition) is 3. The fraction of sp³-hybridized carbons (Fsp3) is 0.360. The van der Waals surface area contributed by atoms with E-state index in [1.807, 2.05) is 38.1 Å². The number of hydrogen-bond donors (Lipinski definition) is 2. The zero-order chi connectivity index (χ0) is 20.1. The number of fused-ring (bicyclic) bond motifs is 1. The largest absolute Gasteiger partial charge is 0.507 e. The summed E-state index contributed by atoms with van der Waals surface area (Å²) in [6.45, 7) is 3.85. The van der Waals surface area contributed by atoms with Crippen molar-refractivity contribution in [3.63, 3.8) is 0 Å². The lowest BCUT2D eigenvalue weighted by atomic mass is 9.97. The molecule has 2 fully saturated rings. The summed E-state index contributed by atoms with van der Waals surface area (Å²) in [5, 5.41) is 14.3. The quantitative estimate of drug-likeness (QED) is 0.654. The van der Waals surface area contributed by atoms with E-state index in [4.69, 9.17) is 4.98 Å². The number of amides is 1. The maximum absolute atomic E-state index is 12.2. The Kier molecular flexibility index (Phi) is 4.30. The van der Waals surface area contributed by atoms with Crippen LogP contribution in [0.3, 0.4) is 0 Å². The number of nitrogens with one attached hydrogen (secondary N) is 1. The molecule has 4 heteroatoms. The first-order valence-electron chi connectivity index (χ1n) is 10.5. The van der Waals surface area contributed by atoms with Crippen molar-refractivity contribution in [2.24, 2.45) is 0 Å². The SMILES string of the molecule is Cc1cc(-c2cc(C3CC3)c3cc(CC(=O)NC4CC4)ccc3n2)cc(C)c1O. The van der Waals surface area contributed by atoms with Crippen molar-refractivity contribution in [2.45, 2.75) is 57.9 Å². The number of aromatic nitrogens is 1. The lowest BCUT2D eigenvalue weighted by Crippen LogP contribution is -2.26. The smallest absolute Gasteiger partial charge is 0.224 e. The monoisotopic (exact) mass is 386 g/mol. The van der Waals surface area contributed by atoms with E-state index in [0.717, 1.165) is 46.3 Å². The molecule has 2 aromatic carbocycles. The van der Waals surface area contributed by atoms with Crippen LogP contribution in [0.25, 0.3) is 22.2 Å². The van der Waals surface area contributed by atoms with Crippen LogP contribution in [0.1, 0.15) is 53.9 Å². The summed E-state index contributed by atoms with van der Waals surface area (Å²) in [7, 11) is 0. The molecule has 148 valence electrons. The second kappa shape index (κ2) is 6.87. The number of pyridine rings is 1. The number of benzene rings is 2. The molecule has 0 saturated heterocycles. The summed E-state index contributed by atoms with van der Waals surface area (Å²) < 4.78 is 0. The van der Waals surface area contributed by atoms with Gasteiger partial charge in [0, 0.05) is 17.0 Å². The van der Waals surface area contributed by atoms with E-state index in [0.29, 0.717) is 24.1 Å². The minimum Gasteiger partial charge on any atom is -0.507 e. The number of rotatable bonds is 5. The number of aromatic hydroxyl groups is 1. The Balaban J connectivity index is 1.54. The van der Waals surface area contributed by atoms with Gasteiger partial charge < -0.3 is 10.4 Å². The van der Waals surface area contributed by atoms with E-state index in [-0.39, 0.29) is 5.91 Å². The Morgan fingerprint density at radius 3 is 2.45 bits per heavy atom. The van der Waals surface area contributed by atoms with Gasteiger partial charge in [-0.3, -0.25) is 4.79 Å². The van der Waals surface area contributed by atoms with E-state index in [9.17, 15) is 9.90 Å². The van der Waals surface area contributed by atoms with E-state index in [1.54, 1.807) is 0 Å². The Hall–Kier alpha value is -2.88. The Labute approximate surface area is 171 Å². The molecule has 1 amide bonds. The molecule has 5 rings (SSSR count). The molecule has 0 radical (unpaired) electrons. The van der Waals surface area contributed by atoms with Gasteiger partial charge in [0.1, 0.15) is 5.75 Å². The Morgan fingerprint density at radius 1 is 1.07 bits per heavy atom. The molecule has 29 heavy (non-hydrogen) atoms. The third-order valence-corrected chi connectivity index (χ3v) is 6.02. The van der Waals surface area contributed by atoms with Gasteiger partial charge in [-0.1, -0.05) is 6.07 Å². The fourth-order valence-electron chi connectivity index (χ4n) is 4.08. The molecule has 1 heterocycles. The molecule has 3 aromatic rings. The van der Waals surface area contributed by atoms with Gasteiger partial charge in [-0.2, -0.15) is 0 Å². The highest BCUT2D eigenvalue weighted by Crippen LogP contribution is 2.44. The third-order valence-electron chi connectivity index (χ3n) is 6.02. The molecule has 0 unspecified atom stereocenters. The zero-order valence-corrected chi connectivity index (χ0v) is 17.0. The summed E-state index contributed by atoms with van der Waals surface area (Å²) in [5.41, 5.74) is 7.07. The Bertz CT molecular complexity index is 1100. The van der Waals surface area contributed by atoms with Gasteiger partial charge in [0.2, 0.25) is 5.91 Å². The second-order valence-corrected chi connectivity index (χ2v) is 8.70. The highest BCUT2D eigenvalue weighted by atomic mass is 16.3. The second-order valence-electron chi connectivity index (χ2n) is 8.70. The van der Waals surface area contributed by atoms with Crippen LogP contribution in [-0.2, 0) is 11.2 Å². The van der Waals surface area contributed by atoms with Crippen molar-refractivity contribution >= 4 is 16.8 Å². The summed E-state index contributed by atoms with van der Waals surface area (Å²) in [6, 6.07) is 12.8. The van der Waals surface area contributed by atoms with Gasteiger partial charge in [0.05, 0.1) is 17.6 Å². The molecule has 2 saturated carbocycles. The van der Waals surface area contributed by atoms with Crippen LogP contribution in [0.2, 0.25) is 0 Å². The topological polar surface area (TPSA) is 62.2 Å². The van der Waals surface area contributed by atoms with E-state index in [1.165, 1.54) is 23.8 Å². The molecule has 0 atom stereocenters. The predicted molar refractivity (Wildman–Crippen MR) is 115 cm³/mol. The van der Waals surface area contributed by atoms with E-state index in [2.05, 4.69) is 17.4 Å². The minimum absolute atomic E-state index is 0.111. The molecule has 4 nitrogen and oxygen atoms in total. The summed E-state index contributed by atoms with van der Waals surface area (Å²) >= 11 is 0. The number of carbonyl (C=O) groups excluding carboxylic acids is 1. The van der Waals surface area contributed by atoms with E-state index >= 15 is 0 Å². The van der Waals surface area contributed by atoms with Crippen LogP contribution in [0.4, 0.5) is 0 Å². The van der Waals surface area contributed by atoms with Crippen molar-refractivity contribution in [2.75, 3.05) is 0 Å². The normalized spacial score (nSPS) is 16.2. The first-order chi connectivity index (χ1) is 14.0. The molecule has 2 N–H and O–H groups in total. The number of carbonyl (C=O) groups is 1. The average molecular weight is 386 g/mol. The van der Waals surface area contributed by atoms with Gasteiger partial charge in [0.25, 0.3) is 0 Å². The van der Waals surface area contributed by atoms with Gasteiger partial charge >= 0.3 is 0 Å². The van der Waals surface area contributed by atoms with Crippen molar-refractivity contribution in [3.05, 3.63) is 58.7 Å². The number of phenols is 1. The minimum atomic E-state index is 0.111. The van der Waals surface area contributed by atoms with Gasteiger partial charge in [-0.05, 0) is 98.0 Å². The highest BCUT2D eigenvalue weighted by molar-refractivity contribution is 5.88. The van der Waals surface area contributed by atoms with Crippen molar-refractivity contribution in [3.8, 4) is 17.0 Å². The standard InChI is InChI=1S/C25H26N2O2/c1-14-9-18(10-15(2)25(14)29)23-13-20(17-4-5-17)21-11-16(3-8-22(21)27-23)12-24(28)26-19-6-7-19/h3,8-11,13,17,19,29H,4-7,12H2,1-2H3,(H,26,28). The maximum Gasteiger partial charge on any atom is 0.224 e. The molecule has 1 aromatic heterocycles. The summed E-state index contributed by atoms with van der Waals surface area (Å²) in [6.07, 6.45) is 5.06. The molecule has 0 bridgehead atoms.